The second-order valence-electron chi connectivity index (χ2n) is 5.10. The molecule has 0 aliphatic heterocycles. The fourth-order valence-corrected chi connectivity index (χ4v) is 2.88. The predicted octanol–water partition coefficient (Wildman–Crippen LogP) is 2.62. The van der Waals surface area contributed by atoms with E-state index in [-0.39, 0.29) is 0 Å². The number of nitrogens with one attached hydrogen (secondary N) is 2. The van der Waals surface area contributed by atoms with Gasteiger partial charge in [0, 0.05) is 17.0 Å². The predicted molar refractivity (Wildman–Crippen MR) is 89.2 cm³/mol. The molecule has 0 unspecified atom stereocenters. The van der Waals surface area contributed by atoms with E-state index in [9.17, 15) is 0 Å². The lowest BCUT2D eigenvalue weighted by Gasteiger charge is -2.09. The Labute approximate surface area is 135 Å². The first-order valence-corrected chi connectivity index (χ1v) is 8.19. The number of rotatable bonds is 5. The van der Waals surface area contributed by atoms with Crippen LogP contribution in [0.5, 0.6) is 0 Å². The van der Waals surface area contributed by atoms with Gasteiger partial charge in [0.05, 0.1) is 24.5 Å². The van der Waals surface area contributed by atoms with E-state index in [1.807, 2.05) is 27.7 Å². The van der Waals surface area contributed by atoms with Gasteiger partial charge in [-0.25, -0.2) is 9.98 Å². The van der Waals surface area contributed by atoms with Crippen molar-refractivity contribution >= 4 is 17.3 Å². The molecule has 0 fully saturated rings. The number of nitrogens with zero attached hydrogens (tertiary/aromatic N) is 3. The first-order valence-electron chi connectivity index (χ1n) is 7.38. The molecule has 2 aromatic heterocycles. The number of aryl methyl sites for hydroxylation is 4. The lowest BCUT2D eigenvalue weighted by atomic mass is 10.2. The highest BCUT2D eigenvalue weighted by Gasteiger charge is 2.09. The summed E-state index contributed by atoms with van der Waals surface area (Å²) in [6, 6.07) is 0. The van der Waals surface area contributed by atoms with Crippen LogP contribution in [0.2, 0.25) is 0 Å². The van der Waals surface area contributed by atoms with Gasteiger partial charge in [0.1, 0.15) is 10.8 Å². The van der Waals surface area contributed by atoms with Gasteiger partial charge in [-0.2, -0.15) is 0 Å². The van der Waals surface area contributed by atoms with Crippen LogP contribution in [0.3, 0.4) is 0 Å². The van der Waals surface area contributed by atoms with E-state index in [1.165, 1.54) is 4.88 Å². The third kappa shape index (κ3) is 4.07. The minimum atomic E-state index is 0.548. The van der Waals surface area contributed by atoms with Gasteiger partial charge >= 0.3 is 0 Å². The molecule has 6 nitrogen and oxygen atoms in total. The van der Waals surface area contributed by atoms with E-state index in [0.29, 0.717) is 13.1 Å². The molecule has 22 heavy (non-hydrogen) atoms. The monoisotopic (exact) mass is 321 g/mol. The summed E-state index contributed by atoms with van der Waals surface area (Å²) < 4.78 is 5.16. The van der Waals surface area contributed by atoms with Crippen molar-refractivity contribution in [3.63, 3.8) is 0 Å². The highest BCUT2D eigenvalue weighted by molar-refractivity contribution is 7.11. The Morgan fingerprint density at radius 2 is 1.95 bits per heavy atom. The fourth-order valence-electron chi connectivity index (χ4n) is 2.00. The molecule has 0 bridgehead atoms. The minimum absolute atomic E-state index is 0.548. The standard InChI is InChI=1S/C15H23N5OS/c1-6-16-15(17-7-13-10(3)20-21-11(13)4)18-8-14-19-9(2)12(5)22-14/h6-8H2,1-5H3,(H2,16,17,18). The lowest BCUT2D eigenvalue weighted by Crippen LogP contribution is -2.36. The first kappa shape index (κ1) is 16.5. The average Bonchev–Trinajstić information content (AvgIpc) is 2.97. The second-order valence-corrected chi connectivity index (χ2v) is 6.39. The molecule has 0 aliphatic carbocycles. The number of hydrogen-bond acceptors (Lipinski definition) is 5. The van der Waals surface area contributed by atoms with Crippen molar-refractivity contribution in [2.75, 3.05) is 6.54 Å². The molecule has 0 aromatic carbocycles. The van der Waals surface area contributed by atoms with E-state index in [2.05, 4.69) is 32.7 Å². The number of aliphatic imine (C=N–C) groups is 1. The van der Waals surface area contributed by atoms with Crippen LogP contribution in [0.4, 0.5) is 0 Å². The van der Waals surface area contributed by atoms with Crippen LogP contribution < -0.4 is 10.6 Å². The molecule has 2 aromatic rings. The molecule has 120 valence electrons. The quantitative estimate of drug-likeness (QED) is 0.654. The van der Waals surface area contributed by atoms with Crippen molar-refractivity contribution < 1.29 is 4.52 Å². The molecule has 0 atom stereocenters. The van der Waals surface area contributed by atoms with Gasteiger partial charge in [0.15, 0.2) is 5.96 Å². The number of guanidine groups is 1. The molecule has 7 heteroatoms. The van der Waals surface area contributed by atoms with Crippen LogP contribution in [0.1, 0.15) is 39.5 Å². The molecule has 0 saturated heterocycles. The average molecular weight is 321 g/mol. The maximum atomic E-state index is 5.16. The van der Waals surface area contributed by atoms with E-state index >= 15 is 0 Å². The smallest absolute Gasteiger partial charge is 0.191 e. The van der Waals surface area contributed by atoms with Gasteiger partial charge in [0.2, 0.25) is 0 Å². The van der Waals surface area contributed by atoms with Gasteiger partial charge in [-0.3, -0.25) is 0 Å². The number of hydrogen-bond donors (Lipinski definition) is 2. The van der Waals surface area contributed by atoms with E-state index in [0.717, 1.165) is 40.2 Å². The van der Waals surface area contributed by atoms with Crippen molar-refractivity contribution in [1.82, 2.24) is 20.8 Å². The van der Waals surface area contributed by atoms with Crippen LogP contribution >= 0.6 is 11.3 Å². The maximum Gasteiger partial charge on any atom is 0.191 e. The number of aromatic nitrogens is 2. The summed E-state index contributed by atoms with van der Waals surface area (Å²) in [5.41, 5.74) is 3.03. The van der Waals surface area contributed by atoms with Gasteiger partial charge in [0.25, 0.3) is 0 Å². The lowest BCUT2D eigenvalue weighted by molar-refractivity contribution is 0.392. The zero-order valence-electron chi connectivity index (χ0n) is 13.8. The molecule has 0 aliphatic rings. The van der Waals surface area contributed by atoms with E-state index in [4.69, 9.17) is 4.52 Å². The van der Waals surface area contributed by atoms with Gasteiger partial charge in [-0.15, -0.1) is 11.3 Å². The third-order valence-electron chi connectivity index (χ3n) is 3.40. The third-order valence-corrected chi connectivity index (χ3v) is 4.47. The molecule has 0 radical (unpaired) electrons. The molecule has 2 heterocycles. The normalized spacial score (nSPS) is 11.8. The van der Waals surface area contributed by atoms with E-state index < -0.39 is 0 Å². The summed E-state index contributed by atoms with van der Waals surface area (Å²) in [6.07, 6.45) is 0. The van der Waals surface area contributed by atoms with Crippen molar-refractivity contribution in [3.8, 4) is 0 Å². The molecule has 0 spiro atoms. The van der Waals surface area contributed by atoms with Gasteiger partial charge in [-0.1, -0.05) is 5.16 Å². The molecule has 0 saturated carbocycles. The first-order chi connectivity index (χ1) is 10.5. The number of thiazole rings is 1. The minimum Gasteiger partial charge on any atom is -0.361 e. The molecular formula is C15H23N5OS. The summed E-state index contributed by atoms with van der Waals surface area (Å²) in [5.74, 6) is 1.59. The highest BCUT2D eigenvalue weighted by Crippen LogP contribution is 2.16. The second kappa shape index (κ2) is 7.40. The maximum absolute atomic E-state index is 5.16. The Hall–Kier alpha value is -1.89. The summed E-state index contributed by atoms with van der Waals surface area (Å²) in [4.78, 5) is 10.4. The summed E-state index contributed by atoms with van der Waals surface area (Å²) >= 11 is 1.71. The summed E-state index contributed by atoms with van der Waals surface area (Å²) in [5, 5.41) is 11.6. The summed E-state index contributed by atoms with van der Waals surface area (Å²) in [7, 11) is 0. The fraction of sp³-hybridized carbons (Fsp3) is 0.533. The van der Waals surface area contributed by atoms with Gasteiger partial charge in [-0.05, 0) is 34.6 Å². The topological polar surface area (TPSA) is 75.3 Å². The molecule has 2 rings (SSSR count). The van der Waals surface area contributed by atoms with Crippen LogP contribution in [0, 0.1) is 27.7 Å². The molecule has 2 N–H and O–H groups in total. The summed E-state index contributed by atoms with van der Waals surface area (Å²) in [6.45, 7) is 12.0. The van der Waals surface area contributed by atoms with Crippen molar-refractivity contribution in [2.24, 2.45) is 4.99 Å². The zero-order valence-corrected chi connectivity index (χ0v) is 14.6. The Balaban J connectivity index is 2.01. The Bertz CT molecular complexity index is 620. The van der Waals surface area contributed by atoms with Crippen LogP contribution in [0.25, 0.3) is 0 Å². The van der Waals surface area contributed by atoms with Crippen molar-refractivity contribution in [3.05, 3.63) is 32.6 Å². The van der Waals surface area contributed by atoms with E-state index in [1.54, 1.807) is 11.3 Å². The zero-order chi connectivity index (χ0) is 16.1. The van der Waals surface area contributed by atoms with Crippen LogP contribution in [0.15, 0.2) is 9.52 Å². The Morgan fingerprint density at radius 3 is 2.50 bits per heavy atom. The highest BCUT2D eigenvalue weighted by atomic mass is 32.1. The van der Waals surface area contributed by atoms with Gasteiger partial charge < -0.3 is 15.2 Å². The Kier molecular flexibility index (Phi) is 5.54. The molecule has 0 amide bonds. The van der Waals surface area contributed by atoms with Crippen molar-refractivity contribution in [2.45, 2.75) is 47.7 Å². The Morgan fingerprint density at radius 1 is 1.18 bits per heavy atom. The SMILES string of the molecule is CCNC(=NCc1c(C)noc1C)NCc1nc(C)c(C)s1. The largest absolute Gasteiger partial charge is 0.361 e. The van der Waals surface area contributed by atoms with Crippen LogP contribution in [-0.2, 0) is 13.1 Å². The van der Waals surface area contributed by atoms with Crippen molar-refractivity contribution in [1.29, 1.82) is 0 Å². The molecular weight excluding hydrogens is 298 g/mol. The van der Waals surface area contributed by atoms with Crippen LogP contribution in [-0.4, -0.2) is 22.6 Å².